The Morgan fingerprint density at radius 1 is 1.08 bits per heavy atom. The van der Waals surface area contributed by atoms with E-state index in [0.717, 1.165) is 0 Å². The number of rotatable bonds is 5. The van der Waals surface area contributed by atoms with Crippen LogP contribution < -0.4 is 10.0 Å². The van der Waals surface area contributed by atoms with E-state index in [-0.39, 0.29) is 4.90 Å². The van der Waals surface area contributed by atoms with Gasteiger partial charge in [0.15, 0.2) is 5.82 Å². The molecule has 0 saturated carbocycles. The van der Waals surface area contributed by atoms with Crippen LogP contribution >= 0.6 is 11.6 Å². The van der Waals surface area contributed by atoms with Gasteiger partial charge in [-0.25, -0.2) is 13.4 Å². The molecule has 1 aromatic carbocycles. The normalized spacial score (nSPS) is 11.2. The molecule has 124 valence electrons. The molecule has 0 fully saturated rings. The summed E-state index contributed by atoms with van der Waals surface area (Å²) in [7, 11) is -3.69. The highest BCUT2D eigenvalue weighted by molar-refractivity contribution is 7.92. The van der Waals surface area contributed by atoms with Gasteiger partial charge in [-0.2, -0.15) is 0 Å². The van der Waals surface area contributed by atoms with Crippen molar-refractivity contribution in [2.45, 2.75) is 11.8 Å². The Morgan fingerprint density at radius 3 is 2.42 bits per heavy atom. The maximum Gasteiger partial charge on any atom is 0.261 e. The summed E-state index contributed by atoms with van der Waals surface area (Å²) in [4.78, 5) is 4.25. The van der Waals surface area contributed by atoms with Crippen LogP contribution in [-0.4, -0.2) is 18.6 Å². The van der Waals surface area contributed by atoms with Crippen LogP contribution in [-0.2, 0) is 10.0 Å². The van der Waals surface area contributed by atoms with Crippen LogP contribution in [0.3, 0.4) is 0 Å². The van der Waals surface area contributed by atoms with Gasteiger partial charge in [-0.1, -0.05) is 16.8 Å². The zero-order valence-corrected chi connectivity index (χ0v) is 14.1. The Bertz CT molecular complexity index is 938. The third kappa shape index (κ3) is 3.84. The van der Waals surface area contributed by atoms with Gasteiger partial charge in [0, 0.05) is 11.1 Å². The number of aryl methyl sites for hydroxylation is 1. The third-order valence-electron chi connectivity index (χ3n) is 3.02. The highest BCUT2D eigenvalue weighted by Gasteiger charge is 2.14. The lowest BCUT2D eigenvalue weighted by Crippen LogP contribution is -2.13. The zero-order valence-electron chi connectivity index (χ0n) is 12.5. The molecule has 0 atom stereocenters. The van der Waals surface area contributed by atoms with E-state index < -0.39 is 10.0 Å². The summed E-state index contributed by atoms with van der Waals surface area (Å²) in [6.07, 6.45) is 1.41. The maximum absolute atomic E-state index is 12.3. The second kappa shape index (κ2) is 6.50. The van der Waals surface area contributed by atoms with Crippen molar-refractivity contribution in [3.63, 3.8) is 0 Å². The monoisotopic (exact) mass is 364 g/mol. The fourth-order valence-electron chi connectivity index (χ4n) is 1.91. The zero-order chi connectivity index (χ0) is 17.2. The highest BCUT2D eigenvalue weighted by atomic mass is 35.5. The van der Waals surface area contributed by atoms with E-state index in [1.807, 2.05) is 0 Å². The minimum Gasteiger partial charge on any atom is -0.360 e. The van der Waals surface area contributed by atoms with E-state index in [1.54, 1.807) is 25.1 Å². The average Bonchev–Trinajstić information content (AvgIpc) is 2.94. The number of nitrogens with zero attached hydrogens (tertiary/aromatic N) is 2. The van der Waals surface area contributed by atoms with Gasteiger partial charge in [0.05, 0.1) is 16.8 Å². The standard InChI is InChI=1S/C15H13ClN4O3S/c1-10-8-15(19-23-10)18-14-7-4-12(9-17-14)20-24(21,22)13-5-2-11(16)3-6-13/h2-9,20H,1H3,(H,17,18,19). The molecule has 0 aliphatic rings. The first-order chi connectivity index (χ1) is 11.4. The quantitative estimate of drug-likeness (QED) is 0.718. The second-order valence-corrected chi connectivity index (χ2v) is 7.06. The van der Waals surface area contributed by atoms with Crippen molar-refractivity contribution < 1.29 is 12.9 Å². The SMILES string of the molecule is Cc1cc(Nc2ccc(NS(=O)(=O)c3ccc(Cl)cc3)cn2)no1. The Balaban J connectivity index is 1.72. The van der Waals surface area contributed by atoms with Gasteiger partial charge in [-0.15, -0.1) is 0 Å². The molecule has 0 aliphatic heterocycles. The van der Waals surface area contributed by atoms with E-state index in [9.17, 15) is 8.42 Å². The van der Waals surface area contributed by atoms with Crippen molar-refractivity contribution >= 4 is 38.9 Å². The van der Waals surface area contributed by atoms with Crippen molar-refractivity contribution in [2.24, 2.45) is 0 Å². The molecule has 0 radical (unpaired) electrons. The van der Waals surface area contributed by atoms with Gasteiger partial charge in [0.1, 0.15) is 11.6 Å². The Kier molecular flexibility index (Phi) is 4.41. The van der Waals surface area contributed by atoms with E-state index in [4.69, 9.17) is 16.1 Å². The maximum atomic E-state index is 12.3. The van der Waals surface area contributed by atoms with E-state index in [2.05, 4.69) is 20.2 Å². The molecule has 0 aliphatic carbocycles. The molecule has 0 spiro atoms. The van der Waals surface area contributed by atoms with Gasteiger partial charge in [-0.3, -0.25) is 4.72 Å². The van der Waals surface area contributed by atoms with Gasteiger partial charge in [0.2, 0.25) is 0 Å². The second-order valence-electron chi connectivity index (χ2n) is 4.94. The first kappa shape index (κ1) is 16.3. The highest BCUT2D eigenvalue weighted by Crippen LogP contribution is 2.20. The summed E-state index contributed by atoms with van der Waals surface area (Å²) in [6, 6.07) is 10.8. The molecule has 0 saturated heterocycles. The Morgan fingerprint density at radius 2 is 1.83 bits per heavy atom. The van der Waals surface area contributed by atoms with Crippen LogP contribution in [0, 0.1) is 6.92 Å². The molecule has 0 unspecified atom stereocenters. The fourth-order valence-corrected chi connectivity index (χ4v) is 3.08. The number of halogens is 1. The molecule has 2 aromatic heterocycles. The number of hydrogen-bond donors (Lipinski definition) is 2. The van der Waals surface area contributed by atoms with Crippen molar-refractivity contribution in [1.29, 1.82) is 0 Å². The van der Waals surface area contributed by atoms with Crippen molar-refractivity contribution in [2.75, 3.05) is 10.0 Å². The number of pyridine rings is 1. The lowest BCUT2D eigenvalue weighted by Gasteiger charge is -2.08. The fraction of sp³-hybridized carbons (Fsp3) is 0.0667. The number of hydrogen-bond acceptors (Lipinski definition) is 6. The number of aromatic nitrogens is 2. The van der Waals surface area contributed by atoms with Crippen LogP contribution in [0.4, 0.5) is 17.3 Å². The van der Waals surface area contributed by atoms with Gasteiger partial charge in [0.25, 0.3) is 10.0 Å². The number of anilines is 3. The van der Waals surface area contributed by atoms with Gasteiger partial charge in [-0.05, 0) is 43.3 Å². The number of sulfonamides is 1. The summed E-state index contributed by atoms with van der Waals surface area (Å²) in [5, 5.41) is 7.20. The molecule has 3 rings (SSSR count). The van der Waals surface area contributed by atoms with Crippen LogP contribution in [0.2, 0.25) is 5.02 Å². The minimum absolute atomic E-state index is 0.118. The van der Waals surface area contributed by atoms with E-state index >= 15 is 0 Å². The smallest absolute Gasteiger partial charge is 0.261 e. The molecule has 0 amide bonds. The van der Waals surface area contributed by atoms with E-state index in [0.29, 0.717) is 28.1 Å². The van der Waals surface area contributed by atoms with Crippen molar-refractivity contribution in [3.05, 3.63) is 59.4 Å². The van der Waals surface area contributed by atoms with Crippen molar-refractivity contribution in [3.8, 4) is 0 Å². The predicted molar refractivity (Wildman–Crippen MR) is 91.0 cm³/mol. The Hall–Kier alpha value is -2.58. The molecule has 0 bridgehead atoms. The molecule has 9 heteroatoms. The molecule has 2 N–H and O–H groups in total. The lowest BCUT2D eigenvalue weighted by atomic mass is 10.4. The Labute approximate surface area is 143 Å². The van der Waals surface area contributed by atoms with Crippen LogP contribution in [0.25, 0.3) is 0 Å². The number of nitrogens with one attached hydrogen (secondary N) is 2. The number of benzene rings is 1. The minimum atomic E-state index is -3.69. The molecular formula is C15H13ClN4O3S. The van der Waals surface area contributed by atoms with Crippen molar-refractivity contribution in [1.82, 2.24) is 10.1 Å². The molecule has 24 heavy (non-hydrogen) atoms. The molecule has 2 heterocycles. The van der Waals surface area contributed by atoms with Gasteiger partial charge >= 0.3 is 0 Å². The molecular weight excluding hydrogens is 352 g/mol. The summed E-state index contributed by atoms with van der Waals surface area (Å²) in [6.45, 7) is 1.78. The summed E-state index contributed by atoms with van der Waals surface area (Å²) >= 11 is 5.76. The third-order valence-corrected chi connectivity index (χ3v) is 4.67. The largest absolute Gasteiger partial charge is 0.360 e. The van der Waals surface area contributed by atoms with Gasteiger partial charge < -0.3 is 9.84 Å². The van der Waals surface area contributed by atoms with Crippen LogP contribution in [0.1, 0.15) is 5.76 Å². The summed E-state index contributed by atoms with van der Waals surface area (Å²) < 4.78 is 31.9. The topological polar surface area (TPSA) is 97.1 Å². The lowest BCUT2D eigenvalue weighted by molar-refractivity contribution is 0.400. The predicted octanol–water partition coefficient (Wildman–Crippen LogP) is 3.58. The summed E-state index contributed by atoms with van der Waals surface area (Å²) in [5.41, 5.74) is 0.340. The first-order valence-electron chi connectivity index (χ1n) is 6.87. The first-order valence-corrected chi connectivity index (χ1v) is 8.73. The summed E-state index contributed by atoms with van der Waals surface area (Å²) in [5.74, 6) is 1.71. The molecule has 7 nitrogen and oxygen atoms in total. The van der Waals surface area contributed by atoms with Crippen LogP contribution in [0.15, 0.2) is 58.1 Å². The van der Waals surface area contributed by atoms with E-state index in [1.165, 1.54) is 30.5 Å². The van der Waals surface area contributed by atoms with Crippen LogP contribution in [0.5, 0.6) is 0 Å². The average molecular weight is 365 g/mol. The molecule has 3 aromatic rings.